The van der Waals surface area contributed by atoms with Crippen molar-refractivity contribution in [3.8, 4) is 5.75 Å². The fourth-order valence-corrected chi connectivity index (χ4v) is 5.46. The SMILES string of the molecule is [C-]#[N+]c1ccc2ncn(C[C@@]3(C)CCC[C@@]4(CN(c5ccccc5OC)C(=O)O4)C3)c2c1. The second-order valence-corrected chi connectivity index (χ2v) is 9.31. The monoisotopic (exact) mass is 430 g/mol. The summed E-state index contributed by atoms with van der Waals surface area (Å²) in [5.41, 5.74) is 2.65. The highest BCUT2D eigenvalue weighted by Crippen LogP contribution is 2.48. The Bertz CT molecular complexity index is 1230. The van der Waals surface area contributed by atoms with Crippen LogP contribution in [0, 0.1) is 12.0 Å². The van der Waals surface area contributed by atoms with Crippen molar-refractivity contribution in [3.63, 3.8) is 0 Å². The quantitative estimate of drug-likeness (QED) is 0.508. The predicted octanol–water partition coefficient (Wildman–Crippen LogP) is 5.57. The van der Waals surface area contributed by atoms with Crippen LogP contribution < -0.4 is 9.64 Å². The first-order valence-corrected chi connectivity index (χ1v) is 10.9. The fourth-order valence-electron chi connectivity index (χ4n) is 5.46. The van der Waals surface area contributed by atoms with Crippen molar-refractivity contribution < 1.29 is 14.3 Å². The standard InChI is InChI=1S/C25H26N4O3/c1-24(15-28-17-27-19-10-9-18(26-2)13-21(19)28)11-6-12-25(14-24)16-29(23(30)32-25)20-7-4-5-8-22(20)31-3/h4-5,7-10,13,17H,6,11-12,14-16H2,1,3H3/t24-,25-/m0/s1. The van der Waals surface area contributed by atoms with Crippen molar-refractivity contribution in [1.29, 1.82) is 0 Å². The van der Waals surface area contributed by atoms with Crippen LogP contribution in [0.2, 0.25) is 0 Å². The van der Waals surface area contributed by atoms with E-state index in [0.29, 0.717) is 18.0 Å². The topological polar surface area (TPSA) is 61.0 Å². The molecule has 1 aliphatic carbocycles. The number of benzene rings is 2. The van der Waals surface area contributed by atoms with Gasteiger partial charge in [-0.1, -0.05) is 25.1 Å². The van der Waals surface area contributed by atoms with E-state index in [2.05, 4.69) is 21.3 Å². The van der Waals surface area contributed by atoms with Crippen LogP contribution in [-0.4, -0.2) is 34.9 Å². The number of carbonyl (C=O) groups is 1. The Labute approximate surface area is 187 Å². The molecule has 1 saturated heterocycles. The van der Waals surface area contributed by atoms with Gasteiger partial charge in [-0.3, -0.25) is 4.90 Å². The van der Waals surface area contributed by atoms with Crippen molar-refractivity contribution in [2.24, 2.45) is 5.41 Å². The lowest BCUT2D eigenvalue weighted by Gasteiger charge is -2.43. The van der Waals surface area contributed by atoms with Gasteiger partial charge in [0.05, 0.1) is 43.3 Å². The second kappa shape index (κ2) is 7.56. The van der Waals surface area contributed by atoms with Gasteiger partial charge in [0.25, 0.3) is 0 Å². The molecular formula is C25H26N4O3. The summed E-state index contributed by atoms with van der Waals surface area (Å²) in [6.45, 7) is 10.9. The third-order valence-electron chi connectivity index (χ3n) is 6.79. The second-order valence-electron chi connectivity index (χ2n) is 9.31. The molecule has 32 heavy (non-hydrogen) atoms. The molecule has 1 aromatic heterocycles. The normalized spacial score (nSPS) is 25.2. The Hall–Kier alpha value is -3.53. The highest BCUT2D eigenvalue weighted by molar-refractivity contribution is 5.92. The molecule has 1 saturated carbocycles. The third kappa shape index (κ3) is 3.46. The molecule has 2 fully saturated rings. The fraction of sp³-hybridized carbons (Fsp3) is 0.400. The molecular weight excluding hydrogens is 404 g/mol. The van der Waals surface area contributed by atoms with Crippen molar-refractivity contribution in [2.45, 2.75) is 44.8 Å². The smallest absolute Gasteiger partial charge is 0.415 e. The minimum atomic E-state index is -0.511. The molecule has 7 nitrogen and oxygen atoms in total. The number of methoxy groups -OCH3 is 1. The molecule has 0 N–H and O–H groups in total. The van der Waals surface area contributed by atoms with Gasteiger partial charge in [-0.25, -0.2) is 14.6 Å². The van der Waals surface area contributed by atoms with E-state index in [1.807, 2.05) is 42.7 Å². The number of hydrogen-bond acceptors (Lipinski definition) is 4. The number of carbonyl (C=O) groups excluding carboxylic acids is 1. The molecule has 5 rings (SSSR count). The van der Waals surface area contributed by atoms with Crippen LogP contribution in [0.3, 0.4) is 0 Å². The minimum absolute atomic E-state index is 0.0585. The number of rotatable bonds is 4. The summed E-state index contributed by atoms with van der Waals surface area (Å²) in [6.07, 6.45) is 5.21. The number of hydrogen-bond donors (Lipinski definition) is 0. The number of para-hydroxylation sites is 2. The first kappa shape index (κ1) is 20.4. The van der Waals surface area contributed by atoms with Crippen LogP contribution in [-0.2, 0) is 11.3 Å². The number of fused-ring (bicyclic) bond motifs is 1. The molecule has 3 aromatic rings. The first-order valence-electron chi connectivity index (χ1n) is 10.9. The predicted molar refractivity (Wildman–Crippen MR) is 122 cm³/mol. The highest BCUT2D eigenvalue weighted by Gasteiger charge is 2.52. The van der Waals surface area contributed by atoms with Crippen molar-refractivity contribution in [2.75, 3.05) is 18.6 Å². The number of imidazole rings is 1. The third-order valence-corrected chi connectivity index (χ3v) is 6.79. The summed E-state index contributed by atoms with van der Waals surface area (Å²) in [7, 11) is 1.61. The largest absolute Gasteiger partial charge is 0.495 e. The summed E-state index contributed by atoms with van der Waals surface area (Å²) in [4.78, 5) is 22.7. The van der Waals surface area contributed by atoms with Gasteiger partial charge in [-0.05, 0) is 55.4 Å². The van der Waals surface area contributed by atoms with Crippen LogP contribution >= 0.6 is 0 Å². The Balaban J connectivity index is 1.41. The molecule has 7 heteroatoms. The summed E-state index contributed by atoms with van der Waals surface area (Å²) >= 11 is 0. The van der Waals surface area contributed by atoms with E-state index in [0.717, 1.165) is 48.9 Å². The Morgan fingerprint density at radius 1 is 1.25 bits per heavy atom. The van der Waals surface area contributed by atoms with Crippen LogP contribution in [0.1, 0.15) is 32.6 Å². The zero-order valence-electron chi connectivity index (χ0n) is 18.4. The molecule has 0 radical (unpaired) electrons. The number of aromatic nitrogens is 2. The van der Waals surface area contributed by atoms with E-state index < -0.39 is 5.60 Å². The lowest BCUT2D eigenvalue weighted by Crippen LogP contribution is -2.45. The summed E-state index contributed by atoms with van der Waals surface area (Å²) < 4.78 is 13.7. The maximum absolute atomic E-state index is 12.9. The van der Waals surface area contributed by atoms with E-state index in [9.17, 15) is 4.79 Å². The van der Waals surface area contributed by atoms with Gasteiger partial charge in [-0.15, -0.1) is 0 Å². The van der Waals surface area contributed by atoms with Crippen LogP contribution in [0.4, 0.5) is 16.2 Å². The van der Waals surface area contributed by atoms with Gasteiger partial charge < -0.3 is 14.0 Å². The van der Waals surface area contributed by atoms with Gasteiger partial charge in [-0.2, -0.15) is 0 Å². The molecule has 164 valence electrons. The molecule has 2 heterocycles. The van der Waals surface area contributed by atoms with Crippen LogP contribution in [0.15, 0.2) is 48.8 Å². The minimum Gasteiger partial charge on any atom is -0.495 e. The van der Waals surface area contributed by atoms with Crippen LogP contribution in [0.5, 0.6) is 5.75 Å². The Morgan fingerprint density at radius 3 is 2.91 bits per heavy atom. The number of nitrogens with zero attached hydrogens (tertiary/aromatic N) is 4. The number of anilines is 1. The molecule has 1 spiro atoms. The van der Waals surface area contributed by atoms with E-state index in [-0.39, 0.29) is 11.5 Å². The highest BCUT2D eigenvalue weighted by atomic mass is 16.6. The van der Waals surface area contributed by atoms with Crippen molar-refractivity contribution >= 4 is 28.5 Å². The molecule has 1 aliphatic heterocycles. The van der Waals surface area contributed by atoms with Gasteiger partial charge in [0.1, 0.15) is 11.4 Å². The van der Waals surface area contributed by atoms with Gasteiger partial charge in [0, 0.05) is 6.54 Å². The zero-order valence-corrected chi connectivity index (χ0v) is 18.4. The molecule has 0 unspecified atom stereocenters. The maximum atomic E-state index is 12.9. The average molecular weight is 431 g/mol. The van der Waals surface area contributed by atoms with Gasteiger partial charge in [0.2, 0.25) is 0 Å². The molecule has 2 aromatic carbocycles. The lowest BCUT2D eigenvalue weighted by molar-refractivity contribution is -0.0264. The van der Waals surface area contributed by atoms with E-state index >= 15 is 0 Å². The Kier molecular flexibility index (Phi) is 4.81. The molecule has 1 amide bonds. The number of amides is 1. The van der Waals surface area contributed by atoms with Crippen molar-refractivity contribution in [1.82, 2.24) is 9.55 Å². The van der Waals surface area contributed by atoms with E-state index in [1.54, 1.807) is 18.1 Å². The maximum Gasteiger partial charge on any atom is 0.415 e. The van der Waals surface area contributed by atoms with E-state index in [4.69, 9.17) is 16.0 Å². The van der Waals surface area contributed by atoms with E-state index in [1.165, 1.54) is 0 Å². The number of ether oxygens (including phenoxy) is 2. The lowest BCUT2D eigenvalue weighted by atomic mass is 9.68. The van der Waals surface area contributed by atoms with Gasteiger partial charge >= 0.3 is 6.09 Å². The molecule has 2 aliphatic rings. The zero-order chi connectivity index (χ0) is 22.3. The molecule has 2 atom stereocenters. The van der Waals surface area contributed by atoms with Crippen LogP contribution in [0.25, 0.3) is 15.9 Å². The summed E-state index contributed by atoms with van der Waals surface area (Å²) in [5.74, 6) is 0.667. The van der Waals surface area contributed by atoms with Gasteiger partial charge in [0.15, 0.2) is 5.69 Å². The average Bonchev–Trinajstić information content (AvgIpc) is 3.32. The summed E-state index contributed by atoms with van der Waals surface area (Å²) in [5, 5.41) is 0. The summed E-state index contributed by atoms with van der Waals surface area (Å²) in [6, 6.07) is 13.2. The first-order chi connectivity index (χ1) is 15.4. The molecule has 0 bridgehead atoms. The Morgan fingerprint density at radius 2 is 2.09 bits per heavy atom. The van der Waals surface area contributed by atoms with Crippen molar-refractivity contribution in [3.05, 3.63) is 60.2 Å².